The van der Waals surface area contributed by atoms with Crippen molar-refractivity contribution in [2.45, 2.75) is 19.9 Å². The van der Waals surface area contributed by atoms with E-state index in [1.807, 2.05) is 6.92 Å². The van der Waals surface area contributed by atoms with Gasteiger partial charge in [0.25, 0.3) is 0 Å². The lowest BCUT2D eigenvalue weighted by Crippen LogP contribution is -2.08. The van der Waals surface area contributed by atoms with E-state index >= 15 is 0 Å². The highest BCUT2D eigenvalue weighted by Gasteiger charge is 2.03. The molecule has 0 saturated heterocycles. The molecule has 0 unspecified atom stereocenters. The summed E-state index contributed by atoms with van der Waals surface area (Å²) in [6.45, 7) is 2.92. The van der Waals surface area contributed by atoms with Crippen LogP contribution in [0.2, 0.25) is 5.02 Å². The average molecular weight is 295 g/mol. The van der Waals surface area contributed by atoms with Crippen molar-refractivity contribution in [3.05, 3.63) is 46.7 Å². The van der Waals surface area contributed by atoms with Crippen LogP contribution in [0.4, 0.5) is 0 Å². The van der Waals surface area contributed by atoms with Crippen LogP contribution in [0.3, 0.4) is 0 Å². The Morgan fingerprint density at radius 2 is 2.10 bits per heavy atom. The summed E-state index contributed by atoms with van der Waals surface area (Å²) in [4.78, 5) is 10.6. The van der Waals surface area contributed by atoms with Crippen molar-refractivity contribution in [3.8, 4) is 5.75 Å². The van der Waals surface area contributed by atoms with Gasteiger partial charge in [0.05, 0.1) is 23.7 Å². The monoisotopic (exact) mass is 294 g/mol. The molecule has 20 heavy (non-hydrogen) atoms. The zero-order valence-electron chi connectivity index (χ0n) is 11.0. The molecule has 0 atom stereocenters. The van der Waals surface area contributed by atoms with E-state index in [1.54, 1.807) is 35.1 Å². The lowest BCUT2D eigenvalue weighted by molar-refractivity contribution is -0.136. The highest BCUT2D eigenvalue weighted by molar-refractivity contribution is 6.31. The third-order valence-corrected chi connectivity index (χ3v) is 3.13. The molecule has 5 nitrogen and oxygen atoms in total. The first-order valence-corrected chi connectivity index (χ1v) is 6.55. The summed E-state index contributed by atoms with van der Waals surface area (Å²) in [6, 6.07) is 7.02. The molecule has 0 aliphatic carbocycles. The quantitative estimate of drug-likeness (QED) is 0.889. The molecule has 1 heterocycles. The molecule has 2 rings (SSSR count). The molecule has 6 heteroatoms. The normalized spacial score (nSPS) is 10.5. The molecule has 0 aliphatic rings. The van der Waals surface area contributed by atoms with Crippen LogP contribution in [-0.2, 0) is 17.8 Å². The summed E-state index contributed by atoms with van der Waals surface area (Å²) in [5, 5.41) is 13.5. The van der Waals surface area contributed by atoms with E-state index < -0.39 is 5.97 Å². The lowest BCUT2D eigenvalue weighted by Gasteiger charge is -2.07. The number of carboxylic acid groups (broad SMARTS) is 1. The second kappa shape index (κ2) is 6.43. The van der Waals surface area contributed by atoms with Crippen molar-refractivity contribution in [1.82, 2.24) is 9.78 Å². The predicted octanol–water partition coefficient (Wildman–Crippen LogP) is 2.55. The Morgan fingerprint density at radius 3 is 2.65 bits per heavy atom. The van der Waals surface area contributed by atoms with E-state index in [4.69, 9.17) is 21.4 Å². The molecule has 0 bridgehead atoms. The highest BCUT2D eigenvalue weighted by atomic mass is 35.5. The van der Waals surface area contributed by atoms with Crippen molar-refractivity contribution in [1.29, 1.82) is 0 Å². The number of carboxylic acids is 1. The van der Waals surface area contributed by atoms with Crippen LogP contribution in [-0.4, -0.2) is 27.5 Å². The van der Waals surface area contributed by atoms with E-state index in [1.165, 1.54) is 0 Å². The summed E-state index contributed by atoms with van der Waals surface area (Å²) < 4.78 is 7.30. The van der Waals surface area contributed by atoms with E-state index in [2.05, 4.69) is 5.10 Å². The van der Waals surface area contributed by atoms with Crippen molar-refractivity contribution in [3.63, 3.8) is 0 Å². The third-order valence-electron chi connectivity index (χ3n) is 2.75. The summed E-state index contributed by atoms with van der Waals surface area (Å²) >= 11 is 5.91. The minimum absolute atomic E-state index is 0.0192. The molecule has 0 amide bonds. The zero-order valence-corrected chi connectivity index (χ0v) is 11.8. The van der Waals surface area contributed by atoms with Gasteiger partial charge in [0.2, 0.25) is 0 Å². The summed E-state index contributed by atoms with van der Waals surface area (Å²) in [6.07, 6.45) is 1.78. The number of nitrogens with zero attached hydrogens (tertiary/aromatic N) is 2. The fraction of sp³-hybridized carbons (Fsp3) is 0.286. The molecule has 0 fully saturated rings. The van der Waals surface area contributed by atoms with Crippen LogP contribution in [0.1, 0.15) is 11.3 Å². The summed E-state index contributed by atoms with van der Waals surface area (Å²) in [5.41, 5.74) is 1.55. The maximum absolute atomic E-state index is 10.6. The number of aromatic nitrogens is 2. The van der Waals surface area contributed by atoms with E-state index in [-0.39, 0.29) is 6.42 Å². The first-order valence-electron chi connectivity index (χ1n) is 6.17. The van der Waals surface area contributed by atoms with Gasteiger partial charge in [-0.3, -0.25) is 9.48 Å². The molecular weight excluding hydrogens is 280 g/mol. The van der Waals surface area contributed by atoms with Gasteiger partial charge in [-0.2, -0.15) is 5.10 Å². The van der Waals surface area contributed by atoms with Crippen molar-refractivity contribution < 1.29 is 14.6 Å². The Bertz CT molecular complexity index is 573. The topological polar surface area (TPSA) is 64.4 Å². The van der Waals surface area contributed by atoms with Crippen molar-refractivity contribution in [2.24, 2.45) is 0 Å². The molecule has 1 aromatic carbocycles. The average Bonchev–Trinajstić information content (AvgIpc) is 2.70. The Labute approximate surface area is 121 Å². The molecule has 0 spiro atoms. The standard InChI is InChI=1S/C14H15ClN2O3/c1-10-13(15)9-17(16-10)6-7-20-12-4-2-11(3-5-12)8-14(18)19/h2-5,9H,6-8H2,1H3,(H,18,19). The predicted molar refractivity (Wildman–Crippen MR) is 75.3 cm³/mol. The van der Waals surface area contributed by atoms with Crippen LogP contribution >= 0.6 is 11.6 Å². The van der Waals surface area contributed by atoms with Crippen LogP contribution in [0.5, 0.6) is 5.75 Å². The molecule has 106 valence electrons. The number of benzene rings is 1. The Morgan fingerprint density at radius 1 is 1.40 bits per heavy atom. The van der Waals surface area contributed by atoms with E-state index in [0.717, 1.165) is 11.3 Å². The number of aliphatic carboxylic acids is 1. The molecule has 0 aliphatic heterocycles. The number of rotatable bonds is 6. The van der Waals surface area contributed by atoms with Crippen LogP contribution < -0.4 is 4.74 Å². The molecule has 2 aromatic rings. The van der Waals surface area contributed by atoms with Gasteiger partial charge in [-0.1, -0.05) is 23.7 Å². The van der Waals surface area contributed by atoms with Gasteiger partial charge in [-0.25, -0.2) is 0 Å². The Balaban J connectivity index is 1.83. The van der Waals surface area contributed by atoms with E-state index in [0.29, 0.717) is 23.9 Å². The second-order valence-electron chi connectivity index (χ2n) is 4.39. The lowest BCUT2D eigenvalue weighted by atomic mass is 10.1. The van der Waals surface area contributed by atoms with E-state index in [9.17, 15) is 4.79 Å². The molecular formula is C14H15ClN2O3. The maximum atomic E-state index is 10.6. The van der Waals surface area contributed by atoms with Gasteiger partial charge in [-0.15, -0.1) is 0 Å². The molecule has 1 aromatic heterocycles. The Kier molecular flexibility index (Phi) is 4.63. The second-order valence-corrected chi connectivity index (χ2v) is 4.80. The van der Waals surface area contributed by atoms with Crippen molar-refractivity contribution >= 4 is 17.6 Å². The summed E-state index contributed by atoms with van der Waals surface area (Å²) in [7, 11) is 0. The van der Waals surface area contributed by atoms with Crippen LogP contribution in [0, 0.1) is 6.92 Å². The van der Waals surface area contributed by atoms with Gasteiger partial charge in [0.15, 0.2) is 0 Å². The minimum atomic E-state index is -0.843. The highest BCUT2D eigenvalue weighted by Crippen LogP contribution is 2.14. The number of aryl methyl sites for hydroxylation is 1. The van der Waals surface area contributed by atoms with Crippen molar-refractivity contribution in [2.75, 3.05) is 6.61 Å². The SMILES string of the molecule is Cc1nn(CCOc2ccc(CC(=O)O)cc2)cc1Cl. The van der Waals surface area contributed by atoms with Gasteiger partial charge < -0.3 is 9.84 Å². The zero-order chi connectivity index (χ0) is 14.5. The minimum Gasteiger partial charge on any atom is -0.492 e. The van der Waals surface area contributed by atoms with Crippen LogP contribution in [0.25, 0.3) is 0 Å². The first kappa shape index (κ1) is 14.4. The first-order chi connectivity index (χ1) is 9.54. The maximum Gasteiger partial charge on any atom is 0.307 e. The fourth-order valence-electron chi connectivity index (χ4n) is 1.74. The molecule has 0 saturated carbocycles. The molecule has 1 N–H and O–H groups in total. The summed E-state index contributed by atoms with van der Waals surface area (Å²) in [5.74, 6) is -0.140. The van der Waals surface area contributed by atoms with Gasteiger partial charge >= 0.3 is 5.97 Å². The number of halogens is 1. The largest absolute Gasteiger partial charge is 0.492 e. The van der Waals surface area contributed by atoms with Crippen LogP contribution in [0.15, 0.2) is 30.5 Å². The number of hydrogen-bond acceptors (Lipinski definition) is 3. The number of carbonyl (C=O) groups is 1. The van der Waals surface area contributed by atoms with Gasteiger partial charge in [-0.05, 0) is 24.6 Å². The Hall–Kier alpha value is -2.01. The molecule has 0 radical (unpaired) electrons. The third kappa shape index (κ3) is 3.99. The number of ether oxygens (including phenoxy) is 1. The van der Waals surface area contributed by atoms with Gasteiger partial charge in [0.1, 0.15) is 12.4 Å². The number of hydrogen-bond donors (Lipinski definition) is 1. The fourth-order valence-corrected chi connectivity index (χ4v) is 1.89. The van der Waals surface area contributed by atoms with Gasteiger partial charge in [0, 0.05) is 6.20 Å². The smallest absolute Gasteiger partial charge is 0.307 e.